The molecule has 1 aromatic carbocycles. The quantitative estimate of drug-likeness (QED) is 0.785. The fourth-order valence-electron chi connectivity index (χ4n) is 2.91. The summed E-state index contributed by atoms with van der Waals surface area (Å²) in [6.45, 7) is 3.15. The Bertz CT molecular complexity index is 605. The average molecular weight is 273 g/mol. The molecule has 0 spiro atoms. The van der Waals surface area contributed by atoms with Crippen LogP contribution in [-0.2, 0) is 4.74 Å². The second-order valence-corrected chi connectivity index (χ2v) is 5.41. The molecule has 1 unspecified atom stereocenters. The Morgan fingerprint density at radius 1 is 1.45 bits per heavy atom. The number of likely N-dealkylation sites (tertiary alicyclic amines) is 1. The van der Waals surface area contributed by atoms with E-state index in [1.165, 1.54) is 0 Å². The maximum absolute atomic E-state index is 12.4. The van der Waals surface area contributed by atoms with E-state index in [1.54, 1.807) is 13.4 Å². The molecule has 0 bridgehead atoms. The number of para-hydroxylation sites is 1. The predicted octanol–water partition coefficient (Wildman–Crippen LogP) is 2.58. The van der Waals surface area contributed by atoms with Gasteiger partial charge in [-0.05, 0) is 24.9 Å². The Labute approximate surface area is 118 Å². The fraction of sp³-hybridized carbons (Fsp3) is 0.438. The molecule has 0 amide bonds. The number of benzene rings is 1. The molecule has 1 aliphatic rings. The number of methoxy groups -OCH3 is 1. The second-order valence-electron chi connectivity index (χ2n) is 5.41. The predicted molar refractivity (Wildman–Crippen MR) is 77.0 cm³/mol. The van der Waals surface area contributed by atoms with Crippen LogP contribution in [0.1, 0.15) is 16.8 Å². The third kappa shape index (κ3) is 2.62. The number of hydrogen-bond donors (Lipinski definition) is 0. The van der Waals surface area contributed by atoms with Crippen LogP contribution in [0.4, 0.5) is 0 Å². The molecule has 0 radical (unpaired) electrons. The molecule has 1 aromatic heterocycles. The van der Waals surface area contributed by atoms with Crippen molar-refractivity contribution in [1.82, 2.24) is 4.90 Å². The van der Waals surface area contributed by atoms with Crippen LogP contribution in [0.15, 0.2) is 34.9 Å². The molecule has 4 nitrogen and oxygen atoms in total. The summed E-state index contributed by atoms with van der Waals surface area (Å²) in [6, 6.07) is 7.66. The molecular weight excluding hydrogens is 254 g/mol. The summed E-state index contributed by atoms with van der Waals surface area (Å²) in [5.41, 5.74) is 1.46. The summed E-state index contributed by atoms with van der Waals surface area (Å²) in [5.74, 6) is 0.682. The minimum Gasteiger partial charge on any atom is -0.464 e. The monoisotopic (exact) mass is 273 g/mol. The molecular formula is C16H19NO3. The zero-order valence-corrected chi connectivity index (χ0v) is 11.7. The molecule has 0 aliphatic carbocycles. The number of fused-ring (bicyclic) bond motifs is 1. The summed E-state index contributed by atoms with van der Waals surface area (Å²) >= 11 is 0. The first kappa shape index (κ1) is 13.3. The van der Waals surface area contributed by atoms with Gasteiger partial charge < -0.3 is 9.15 Å². The summed E-state index contributed by atoms with van der Waals surface area (Å²) in [6.07, 6.45) is 2.68. The Kier molecular flexibility index (Phi) is 3.85. The highest BCUT2D eigenvalue weighted by atomic mass is 16.5. The van der Waals surface area contributed by atoms with Gasteiger partial charge >= 0.3 is 0 Å². The molecule has 2 heterocycles. The van der Waals surface area contributed by atoms with Crippen molar-refractivity contribution < 1.29 is 13.9 Å². The number of furan rings is 1. The van der Waals surface area contributed by atoms with Crippen molar-refractivity contribution in [2.24, 2.45) is 5.92 Å². The molecule has 106 valence electrons. The van der Waals surface area contributed by atoms with Crippen LogP contribution in [0.25, 0.3) is 11.0 Å². The van der Waals surface area contributed by atoms with E-state index < -0.39 is 0 Å². The van der Waals surface area contributed by atoms with Gasteiger partial charge in [-0.3, -0.25) is 9.69 Å². The molecule has 1 atom stereocenters. The number of ether oxygens (including phenoxy) is 1. The van der Waals surface area contributed by atoms with Crippen LogP contribution in [-0.4, -0.2) is 44.0 Å². The van der Waals surface area contributed by atoms with Gasteiger partial charge in [-0.25, -0.2) is 0 Å². The molecule has 20 heavy (non-hydrogen) atoms. The third-order valence-electron chi connectivity index (χ3n) is 3.92. The Balaban J connectivity index is 1.68. The number of Topliss-reactive ketones (excluding diaryl/α,β-unsaturated/α-hetero) is 1. The summed E-state index contributed by atoms with van der Waals surface area (Å²) in [7, 11) is 1.73. The minimum absolute atomic E-state index is 0.132. The van der Waals surface area contributed by atoms with Gasteiger partial charge in [0.2, 0.25) is 0 Å². The lowest BCUT2D eigenvalue weighted by molar-refractivity contribution is 0.0937. The number of carbonyl (C=O) groups excluding carboxylic acids is 1. The molecule has 0 saturated carbocycles. The minimum atomic E-state index is 0.132. The number of ketones is 1. The maximum Gasteiger partial charge on any atom is 0.180 e. The molecule has 1 saturated heterocycles. The zero-order chi connectivity index (χ0) is 13.9. The van der Waals surface area contributed by atoms with Gasteiger partial charge in [0.05, 0.1) is 18.7 Å². The van der Waals surface area contributed by atoms with E-state index in [9.17, 15) is 4.79 Å². The number of hydrogen-bond acceptors (Lipinski definition) is 4. The van der Waals surface area contributed by atoms with Crippen LogP contribution in [0.2, 0.25) is 0 Å². The van der Waals surface area contributed by atoms with Crippen LogP contribution in [0, 0.1) is 5.92 Å². The van der Waals surface area contributed by atoms with Gasteiger partial charge in [0.1, 0.15) is 11.8 Å². The lowest BCUT2D eigenvalue weighted by Gasteiger charge is -2.14. The highest BCUT2D eigenvalue weighted by Crippen LogP contribution is 2.22. The van der Waals surface area contributed by atoms with Crippen molar-refractivity contribution in [2.45, 2.75) is 6.42 Å². The molecule has 3 rings (SSSR count). The topological polar surface area (TPSA) is 42.7 Å². The Morgan fingerprint density at radius 2 is 2.30 bits per heavy atom. The average Bonchev–Trinajstić information content (AvgIpc) is 3.06. The first-order chi connectivity index (χ1) is 9.78. The normalized spacial score (nSPS) is 19.8. The summed E-state index contributed by atoms with van der Waals surface area (Å²) in [5, 5.41) is 0.908. The highest BCUT2D eigenvalue weighted by molar-refractivity contribution is 6.08. The first-order valence-corrected chi connectivity index (χ1v) is 6.98. The van der Waals surface area contributed by atoms with E-state index in [4.69, 9.17) is 9.15 Å². The summed E-state index contributed by atoms with van der Waals surface area (Å²) < 4.78 is 10.6. The largest absolute Gasteiger partial charge is 0.464 e. The smallest absolute Gasteiger partial charge is 0.180 e. The van der Waals surface area contributed by atoms with E-state index in [0.717, 1.165) is 37.1 Å². The first-order valence-electron chi connectivity index (χ1n) is 6.98. The molecule has 1 aliphatic heterocycles. The van der Waals surface area contributed by atoms with Gasteiger partial charge in [0.25, 0.3) is 0 Å². The van der Waals surface area contributed by atoms with Crippen molar-refractivity contribution in [2.75, 3.05) is 33.4 Å². The van der Waals surface area contributed by atoms with Crippen LogP contribution in [0.3, 0.4) is 0 Å². The molecule has 1 fully saturated rings. The Hall–Kier alpha value is -1.65. The maximum atomic E-state index is 12.4. The van der Waals surface area contributed by atoms with Crippen LogP contribution >= 0.6 is 0 Å². The standard InChI is InChI=1S/C16H19NO3/c1-19-10-12-6-7-17(8-12)9-15(18)14-11-20-16-5-3-2-4-13(14)16/h2-5,11-12H,6-10H2,1H3. The van der Waals surface area contributed by atoms with Gasteiger partial charge in [-0.15, -0.1) is 0 Å². The van der Waals surface area contributed by atoms with Crippen LogP contribution < -0.4 is 0 Å². The van der Waals surface area contributed by atoms with E-state index in [0.29, 0.717) is 18.0 Å². The number of carbonyl (C=O) groups is 1. The summed E-state index contributed by atoms with van der Waals surface area (Å²) in [4.78, 5) is 14.6. The third-order valence-corrected chi connectivity index (χ3v) is 3.92. The Morgan fingerprint density at radius 3 is 3.15 bits per heavy atom. The van der Waals surface area contributed by atoms with Gasteiger partial charge in [0, 0.05) is 19.0 Å². The van der Waals surface area contributed by atoms with E-state index in [2.05, 4.69) is 4.90 Å². The van der Waals surface area contributed by atoms with Crippen LogP contribution in [0.5, 0.6) is 0 Å². The van der Waals surface area contributed by atoms with E-state index in [1.807, 2.05) is 24.3 Å². The van der Waals surface area contributed by atoms with Gasteiger partial charge in [0.15, 0.2) is 5.78 Å². The highest BCUT2D eigenvalue weighted by Gasteiger charge is 2.25. The zero-order valence-electron chi connectivity index (χ0n) is 11.7. The molecule has 2 aromatic rings. The van der Waals surface area contributed by atoms with Gasteiger partial charge in [-0.2, -0.15) is 0 Å². The lowest BCUT2D eigenvalue weighted by atomic mass is 10.1. The fourth-order valence-corrected chi connectivity index (χ4v) is 2.91. The van der Waals surface area contributed by atoms with Crippen molar-refractivity contribution in [3.8, 4) is 0 Å². The van der Waals surface area contributed by atoms with Crippen molar-refractivity contribution in [3.05, 3.63) is 36.1 Å². The number of rotatable bonds is 5. The molecule has 0 N–H and O–H groups in total. The van der Waals surface area contributed by atoms with Crippen molar-refractivity contribution in [3.63, 3.8) is 0 Å². The SMILES string of the molecule is COCC1CCN(CC(=O)c2coc3ccccc23)C1. The number of nitrogens with zero attached hydrogens (tertiary/aromatic N) is 1. The van der Waals surface area contributed by atoms with E-state index in [-0.39, 0.29) is 5.78 Å². The lowest BCUT2D eigenvalue weighted by Crippen LogP contribution is -2.28. The van der Waals surface area contributed by atoms with Gasteiger partial charge in [-0.1, -0.05) is 18.2 Å². The van der Waals surface area contributed by atoms with Crippen molar-refractivity contribution >= 4 is 16.8 Å². The van der Waals surface area contributed by atoms with Crippen molar-refractivity contribution in [1.29, 1.82) is 0 Å². The van der Waals surface area contributed by atoms with E-state index >= 15 is 0 Å². The molecule has 4 heteroatoms. The second kappa shape index (κ2) is 5.77.